The van der Waals surface area contributed by atoms with Gasteiger partial charge in [0.2, 0.25) is 5.91 Å². The normalized spacial score (nSPS) is 13.1. The molecule has 0 bridgehead atoms. The number of carbonyl (C=O) groups excluding carboxylic acids is 1. The number of benzene rings is 2. The Labute approximate surface area is 204 Å². The van der Waals surface area contributed by atoms with E-state index in [1.807, 2.05) is 4.72 Å². The van der Waals surface area contributed by atoms with Gasteiger partial charge in [-0.2, -0.15) is 0 Å². The molecule has 2 aromatic carbocycles. The van der Waals surface area contributed by atoms with Crippen molar-refractivity contribution in [3.05, 3.63) is 81.5 Å². The summed E-state index contributed by atoms with van der Waals surface area (Å²) < 4.78 is 56.6. The molecule has 1 amide bonds. The first-order valence-corrected chi connectivity index (χ1v) is 12.1. The molecule has 6 nitrogen and oxygen atoms in total. The molecule has 0 spiro atoms. The van der Waals surface area contributed by atoms with Gasteiger partial charge in [0.15, 0.2) is 5.82 Å². The highest BCUT2D eigenvalue weighted by atomic mass is 35.5. The van der Waals surface area contributed by atoms with Crippen LogP contribution in [0.1, 0.15) is 24.0 Å². The lowest BCUT2D eigenvalue weighted by atomic mass is 10.1. The molecule has 1 aliphatic rings. The van der Waals surface area contributed by atoms with Gasteiger partial charge in [-0.15, -0.1) is 0 Å². The monoisotopic (exact) mass is 521 g/mol. The molecule has 1 saturated carbocycles. The van der Waals surface area contributed by atoms with E-state index in [4.69, 9.17) is 23.2 Å². The van der Waals surface area contributed by atoms with Crippen molar-refractivity contribution in [1.82, 2.24) is 4.98 Å². The molecule has 0 saturated heterocycles. The van der Waals surface area contributed by atoms with Crippen LogP contribution < -0.4 is 10.0 Å². The molecule has 0 atom stereocenters. The molecular weight excluding hydrogens is 507 g/mol. The van der Waals surface area contributed by atoms with Gasteiger partial charge in [0, 0.05) is 22.7 Å². The molecule has 4 rings (SSSR count). The third-order valence-corrected chi connectivity index (χ3v) is 6.90. The van der Waals surface area contributed by atoms with Gasteiger partial charge in [-0.05, 0) is 55.3 Å². The maximum Gasteiger partial charge on any atom is 0.263 e. The summed E-state index contributed by atoms with van der Waals surface area (Å²) in [6, 6.07) is 8.68. The molecule has 1 heterocycles. The number of hydrogen-bond donors (Lipinski definition) is 2. The topological polar surface area (TPSA) is 88.2 Å². The maximum atomic E-state index is 15.0. The fourth-order valence-corrected chi connectivity index (χ4v) is 4.70. The van der Waals surface area contributed by atoms with Crippen molar-refractivity contribution >= 4 is 50.6 Å². The molecule has 1 aromatic heterocycles. The predicted molar refractivity (Wildman–Crippen MR) is 125 cm³/mol. The van der Waals surface area contributed by atoms with E-state index in [2.05, 4.69) is 22.1 Å². The molecule has 11 heteroatoms. The summed E-state index contributed by atoms with van der Waals surface area (Å²) in [7, 11) is -4.32. The fourth-order valence-electron chi connectivity index (χ4n) is 2.88. The van der Waals surface area contributed by atoms with E-state index in [1.165, 1.54) is 30.5 Å². The largest absolute Gasteiger partial charge is 0.310 e. The Hall–Kier alpha value is -3.19. The summed E-state index contributed by atoms with van der Waals surface area (Å²) in [5.74, 6) is 3.02. The van der Waals surface area contributed by atoms with E-state index in [1.54, 1.807) is 0 Å². The number of halogens is 4. The number of hydrogen-bond acceptors (Lipinski definition) is 4. The number of rotatable bonds is 5. The van der Waals surface area contributed by atoms with E-state index >= 15 is 0 Å². The van der Waals surface area contributed by atoms with Crippen LogP contribution in [-0.4, -0.2) is 19.3 Å². The second-order valence-electron chi connectivity index (χ2n) is 7.41. The Kier molecular flexibility index (Phi) is 6.75. The number of aromatic nitrogens is 1. The minimum atomic E-state index is -4.32. The fraction of sp³-hybridized carbons (Fsp3) is 0.130. The van der Waals surface area contributed by atoms with Gasteiger partial charge in [-0.25, -0.2) is 22.2 Å². The molecule has 0 aliphatic heterocycles. The highest BCUT2D eigenvalue weighted by molar-refractivity contribution is 7.92. The van der Waals surface area contributed by atoms with Crippen molar-refractivity contribution in [2.45, 2.75) is 17.7 Å². The van der Waals surface area contributed by atoms with Crippen molar-refractivity contribution in [2.24, 2.45) is 5.92 Å². The first kappa shape index (κ1) is 24.0. The first-order chi connectivity index (χ1) is 16.1. The summed E-state index contributed by atoms with van der Waals surface area (Å²) in [5, 5.41) is 2.66. The van der Waals surface area contributed by atoms with Crippen molar-refractivity contribution in [3.8, 4) is 11.8 Å². The molecule has 0 radical (unpaired) electrons. The average molecular weight is 522 g/mol. The van der Waals surface area contributed by atoms with Crippen LogP contribution in [0.4, 0.5) is 20.3 Å². The van der Waals surface area contributed by atoms with E-state index < -0.39 is 32.9 Å². The quantitative estimate of drug-likeness (QED) is 0.450. The van der Waals surface area contributed by atoms with E-state index in [9.17, 15) is 22.0 Å². The van der Waals surface area contributed by atoms with E-state index in [-0.39, 0.29) is 26.8 Å². The Morgan fingerprint density at radius 1 is 1.06 bits per heavy atom. The summed E-state index contributed by atoms with van der Waals surface area (Å²) in [6.07, 6.45) is 3.06. The van der Waals surface area contributed by atoms with Crippen molar-refractivity contribution in [2.75, 3.05) is 10.0 Å². The summed E-state index contributed by atoms with van der Waals surface area (Å²) in [4.78, 5) is 15.5. The lowest BCUT2D eigenvalue weighted by Gasteiger charge is -2.11. The van der Waals surface area contributed by atoms with Crippen molar-refractivity contribution in [1.29, 1.82) is 0 Å². The Bertz CT molecular complexity index is 1450. The van der Waals surface area contributed by atoms with Crippen LogP contribution in [0.5, 0.6) is 0 Å². The van der Waals surface area contributed by atoms with Crippen LogP contribution in [0.3, 0.4) is 0 Å². The van der Waals surface area contributed by atoms with Gasteiger partial charge in [0.05, 0.1) is 16.3 Å². The lowest BCUT2D eigenvalue weighted by Crippen LogP contribution is -2.15. The van der Waals surface area contributed by atoms with Gasteiger partial charge in [0.25, 0.3) is 10.0 Å². The van der Waals surface area contributed by atoms with E-state index in [0.717, 1.165) is 31.0 Å². The number of pyridine rings is 1. The smallest absolute Gasteiger partial charge is 0.263 e. The molecule has 3 aromatic rings. The molecule has 174 valence electrons. The zero-order valence-corrected chi connectivity index (χ0v) is 19.5. The van der Waals surface area contributed by atoms with Gasteiger partial charge >= 0.3 is 0 Å². The Morgan fingerprint density at radius 3 is 2.50 bits per heavy atom. The van der Waals surface area contributed by atoms with E-state index in [0.29, 0.717) is 11.4 Å². The minimum Gasteiger partial charge on any atom is -0.310 e. The van der Waals surface area contributed by atoms with Crippen LogP contribution in [0.15, 0.2) is 53.6 Å². The molecule has 1 aliphatic carbocycles. The summed E-state index contributed by atoms with van der Waals surface area (Å²) in [6.45, 7) is 0. The number of anilines is 2. The molecule has 2 N–H and O–H groups in total. The molecular formula is C23H15Cl2F2N3O3S. The second kappa shape index (κ2) is 9.58. The Morgan fingerprint density at radius 2 is 1.82 bits per heavy atom. The first-order valence-electron chi connectivity index (χ1n) is 9.89. The number of nitrogens with zero attached hydrogens (tertiary/aromatic N) is 1. The molecule has 0 unspecified atom stereocenters. The maximum absolute atomic E-state index is 15.0. The van der Waals surface area contributed by atoms with Crippen molar-refractivity contribution < 1.29 is 22.0 Å². The number of nitrogens with one attached hydrogen (secondary N) is 2. The number of carbonyl (C=O) groups is 1. The van der Waals surface area contributed by atoms with Crippen molar-refractivity contribution in [3.63, 3.8) is 0 Å². The highest BCUT2D eigenvalue weighted by Gasteiger charge is 2.29. The van der Waals surface area contributed by atoms with Crippen LogP contribution in [0.25, 0.3) is 0 Å². The lowest BCUT2D eigenvalue weighted by molar-refractivity contribution is -0.117. The average Bonchev–Trinajstić information content (AvgIpc) is 3.64. The summed E-state index contributed by atoms with van der Waals surface area (Å²) >= 11 is 11.8. The predicted octanol–water partition coefficient (Wildman–Crippen LogP) is 5.22. The third kappa shape index (κ3) is 5.47. The second-order valence-corrected chi connectivity index (χ2v) is 9.90. The Balaban J connectivity index is 1.57. The molecule has 1 fully saturated rings. The van der Waals surface area contributed by atoms with Crippen LogP contribution in [0.2, 0.25) is 10.0 Å². The zero-order chi connectivity index (χ0) is 24.5. The zero-order valence-electron chi connectivity index (χ0n) is 17.2. The van der Waals surface area contributed by atoms with Crippen LogP contribution >= 0.6 is 23.2 Å². The van der Waals surface area contributed by atoms with Gasteiger partial charge in [-0.3, -0.25) is 9.52 Å². The van der Waals surface area contributed by atoms with Gasteiger partial charge < -0.3 is 5.32 Å². The van der Waals surface area contributed by atoms with Crippen LogP contribution in [-0.2, 0) is 14.8 Å². The SMILES string of the molecule is O=C(Nc1ccc(C#Cc2c(F)ccc(NS(=O)(=O)c3cc(Cl)ccc3Cl)c2F)cn1)C1CC1. The van der Waals surface area contributed by atoms with Gasteiger partial charge in [0.1, 0.15) is 16.5 Å². The minimum absolute atomic E-state index is 0.0202. The van der Waals surface area contributed by atoms with Crippen LogP contribution in [0, 0.1) is 29.4 Å². The number of amides is 1. The van der Waals surface area contributed by atoms with Gasteiger partial charge in [-0.1, -0.05) is 35.0 Å². The number of sulfonamides is 1. The third-order valence-electron chi connectivity index (χ3n) is 4.81. The molecule has 34 heavy (non-hydrogen) atoms. The standard InChI is InChI=1S/C23H15Cl2F2N3O3S/c24-15-5-7-17(25)20(11-15)34(32,33)30-19-9-8-18(26)16(22(19)27)6-1-13-2-10-21(28-12-13)29-23(31)14-3-4-14/h2,5,7-12,14,30H,3-4H2,(H,28,29,31). The summed E-state index contributed by atoms with van der Waals surface area (Å²) in [5.41, 5.74) is -0.818. The highest BCUT2D eigenvalue weighted by Crippen LogP contribution is 2.30.